The predicted molar refractivity (Wildman–Crippen MR) is 70.0 cm³/mol. The van der Waals surface area contributed by atoms with Crippen molar-refractivity contribution >= 4 is 10.0 Å². The molecule has 0 saturated heterocycles. The van der Waals surface area contributed by atoms with Crippen molar-refractivity contribution in [2.24, 2.45) is 0 Å². The van der Waals surface area contributed by atoms with Crippen LogP contribution in [0.3, 0.4) is 0 Å². The molecule has 0 spiro atoms. The maximum atomic E-state index is 12.1. The van der Waals surface area contributed by atoms with Gasteiger partial charge in [-0.05, 0) is 13.8 Å². The molecule has 0 atom stereocenters. The second kappa shape index (κ2) is 5.65. The van der Waals surface area contributed by atoms with Gasteiger partial charge in [0.15, 0.2) is 5.03 Å². The molecule has 0 aromatic carbocycles. The van der Waals surface area contributed by atoms with E-state index in [0.717, 1.165) is 5.69 Å². The minimum atomic E-state index is -3.81. The van der Waals surface area contributed by atoms with Crippen LogP contribution in [0.4, 0.5) is 0 Å². The Morgan fingerprint density at radius 2 is 2.05 bits per heavy atom. The largest absolute Gasteiger partial charge is 0.392 e. The van der Waals surface area contributed by atoms with Crippen LogP contribution in [0, 0.1) is 13.8 Å². The zero-order valence-corrected chi connectivity index (χ0v) is 11.9. The first-order valence-corrected chi connectivity index (χ1v) is 7.34. The Balaban J connectivity index is 2.17. The van der Waals surface area contributed by atoms with E-state index in [4.69, 9.17) is 0 Å². The maximum absolute atomic E-state index is 12.1. The molecule has 0 bridgehead atoms. The van der Waals surface area contributed by atoms with Crippen LogP contribution < -0.4 is 4.72 Å². The zero-order chi connectivity index (χ0) is 14.8. The molecule has 0 aliphatic heterocycles. The SMILES string of the molecule is Cc1cnc(CNS(=O)(=O)c2n[nH]c(C)c2CO)cn1. The summed E-state index contributed by atoms with van der Waals surface area (Å²) in [5, 5.41) is 15.3. The number of hydrogen-bond donors (Lipinski definition) is 3. The fourth-order valence-corrected chi connectivity index (χ4v) is 2.77. The lowest BCUT2D eigenvalue weighted by molar-refractivity contribution is 0.277. The summed E-state index contributed by atoms with van der Waals surface area (Å²) in [6.07, 6.45) is 3.06. The van der Waals surface area contributed by atoms with Gasteiger partial charge in [0.1, 0.15) is 0 Å². The van der Waals surface area contributed by atoms with Crippen molar-refractivity contribution in [3.05, 3.63) is 35.0 Å². The minimum absolute atomic E-state index is 0.00634. The molecule has 2 rings (SSSR count). The molecule has 0 unspecified atom stereocenters. The van der Waals surface area contributed by atoms with Crippen LogP contribution in [-0.2, 0) is 23.2 Å². The van der Waals surface area contributed by atoms with E-state index in [9.17, 15) is 13.5 Å². The van der Waals surface area contributed by atoms with Crippen molar-refractivity contribution in [3.8, 4) is 0 Å². The van der Waals surface area contributed by atoms with Gasteiger partial charge < -0.3 is 5.11 Å². The molecule has 2 aromatic rings. The van der Waals surface area contributed by atoms with Gasteiger partial charge in [-0.15, -0.1) is 0 Å². The fraction of sp³-hybridized carbons (Fsp3) is 0.364. The van der Waals surface area contributed by atoms with E-state index in [0.29, 0.717) is 11.4 Å². The Kier molecular flexibility index (Phi) is 4.12. The van der Waals surface area contributed by atoms with Crippen molar-refractivity contribution in [3.63, 3.8) is 0 Å². The lowest BCUT2D eigenvalue weighted by Gasteiger charge is -2.05. The number of aromatic nitrogens is 4. The molecule has 3 N–H and O–H groups in total. The molecule has 108 valence electrons. The van der Waals surface area contributed by atoms with Gasteiger partial charge in [0.2, 0.25) is 0 Å². The molecule has 8 nitrogen and oxygen atoms in total. The van der Waals surface area contributed by atoms with Gasteiger partial charge in [0.25, 0.3) is 10.0 Å². The molecular formula is C11H15N5O3S. The van der Waals surface area contributed by atoms with Crippen LogP contribution in [0.5, 0.6) is 0 Å². The Morgan fingerprint density at radius 1 is 1.30 bits per heavy atom. The van der Waals surface area contributed by atoms with Crippen molar-refractivity contribution in [2.75, 3.05) is 0 Å². The molecule has 20 heavy (non-hydrogen) atoms. The van der Waals surface area contributed by atoms with Crippen LogP contribution in [0.25, 0.3) is 0 Å². The summed E-state index contributed by atoms with van der Waals surface area (Å²) < 4.78 is 26.6. The van der Waals surface area contributed by atoms with Crippen molar-refractivity contribution in [1.29, 1.82) is 0 Å². The fourth-order valence-electron chi connectivity index (χ4n) is 1.59. The number of hydrogen-bond acceptors (Lipinski definition) is 6. The number of nitrogens with one attached hydrogen (secondary N) is 2. The molecule has 9 heteroatoms. The van der Waals surface area contributed by atoms with E-state index in [1.54, 1.807) is 20.0 Å². The van der Waals surface area contributed by atoms with Gasteiger partial charge in [0, 0.05) is 17.5 Å². The van der Waals surface area contributed by atoms with Gasteiger partial charge in [-0.25, -0.2) is 13.1 Å². The highest BCUT2D eigenvalue weighted by Gasteiger charge is 2.23. The van der Waals surface area contributed by atoms with E-state index < -0.39 is 16.6 Å². The average Bonchev–Trinajstić information content (AvgIpc) is 2.80. The third-order valence-corrected chi connectivity index (χ3v) is 4.10. The van der Waals surface area contributed by atoms with E-state index in [-0.39, 0.29) is 17.1 Å². The highest BCUT2D eigenvalue weighted by atomic mass is 32.2. The normalized spacial score (nSPS) is 11.8. The topological polar surface area (TPSA) is 121 Å². The summed E-state index contributed by atoms with van der Waals surface area (Å²) in [7, 11) is -3.81. The summed E-state index contributed by atoms with van der Waals surface area (Å²) >= 11 is 0. The quantitative estimate of drug-likeness (QED) is 0.702. The van der Waals surface area contributed by atoms with Gasteiger partial charge >= 0.3 is 0 Å². The van der Waals surface area contributed by atoms with Crippen molar-refractivity contribution in [1.82, 2.24) is 24.9 Å². The number of sulfonamides is 1. The van der Waals surface area contributed by atoms with Crippen LogP contribution >= 0.6 is 0 Å². The summed E-state index contributed by atoms with van der Waals surface area (Å²) in [5.74, 6) is 0. The molecule has 0 fully saturated rings. The third-order valence-electron chi connectivity index (χ3n) is 2.73. The number of aliphatic hydroxyl groups excluding tert-OH is 1. The number of aromatic amines is 1. The minimum Gasteiger partial charge on any atom is -0.392 e. The van der Waals surface area contributed by atoms with Crippen LogP contribution in [0.1, 0.15) is 22.6 Å². The van der Waals surface area contributed by atoms with Crippen LogP contribution in [0.15, 0.2) is 17.4 Å². The maximum Gasteiger partial charge on any atom is 0.260 e. The van der Waals surface area contributed by atoms with E-state index in [2.05, 4.69) is 24.9 Å². The van der Waals surface area contributed by atoms with Crippen LogP contribution in [0.2, 0.25) is 0 Å². The number of aliphatic hydroxyl groups is 1. The summed E-state index contributed by atoms with van der Waals surface area (Å²) in [4.78, 5) is 8.09. The van der Waals surface area contributed by atoms with E-state index >= 15 is 0 Å². The first-order chi connectivity index (χ1) is 9.44. The molecule has 0 saturated carbocycles. The second-order valence-corrected chi connectivity index (χ2v) is 5.95. The van der Waals surface area contributed by atoms with Gasteiger partial charge in [0.05, 0.1) is 30.7 Å². The average molecular weight is 297 g/mol. The summed E-state index contributed by atoms with van der Waals surface area (Å²) in [6, 6.07) is 0. The monoisotopic (exact) mass is 297 g/mol. The third kappa shape index (κ3) is 3.00. The van der Waals surface area contributed by atoms with Gasteiger partial charge in [-0.1, -0.05) is 0 Å². The van der Waals surface area contributed by atoms with Crippen LogP contribution in [-0.4, -0.2) is 33.7 Å². The second-order valence-electron chi connectivity index (χ2n) is 4.26. The van der Waals surface area contributed by atoms with E-state index in [1.165, 1.54) is 6.20 Å². The molecule has 0 amide bonds. The van der Waals surface area contributed by atoms with Crippen molar-refractivity contribution in [2.45, 2.75) is 32.0 Å². The Morgan fingerprint density at radius 3 is 2.65 bits per heavy atom. The molecule has 2 heterocycles. The molecule has 0 radical (unpaired) electrons. The van der Waals surface area contributed by atoms with E-state index in [1.807, 2.05) is 0 Å². The first kappa shape index (κ1) is 14.6. The standard InChI is InChI=1S/C11H15N5O3S/c1-7-3-13-9(4-12-7)5-14-20(18,19)11-10(6-17)8(2)15-16-11/h3-4,14,17H,5-6H2,1-2H3,(H,15,16). The summed E-state index contributed by atoms with van der Waals surface area (Å²) in [6.45, 7) is 3.04. The highest BCUT2D eigenvalue weighted by Crippen LogP contribution is 2.15. The van der Waals surface area contributed by atoms with Gasteiger partial charge in [-0.3, -0.25) is 15.1 Å². The molecule has 2 aromatic heterocycles. The smallest absolute Gasteiger partial charge is 0.260 e. The highest BCUT2D eigenvalue weighted by molar-refractivity contribution is 7.89. The number of rotatable bonds is 5. The lowest BCUT2D eigenvalue weighted by Crippen LogP contribution is -2.25. The Hall–Kier alpha value is -1.84. The first-order valence-electron chi connectivity index (χ1n) is 5.86. The molecular weight excluding hydrogens is 282 g/mol. The lowest BCUT2D eigenvalue weighted by atomic mass is 10.3. The number of H-pyrrole nitrogens is 1. The predicted octanol–water partition coefficient (Wildman–Crippen LogP) is -0.213. The van der Waals surface area contributed by atoms with Gasteiger partial charge in [-0.2, -0.15) is 5.10 Å². The summed E-state index contributed by atoms with van der Waals surface area (Å²) in [5.41, 5.74) is 2.02. The molecule has 0 aliphatic carbocycles. The molecule has 0 aliphatic rings. The number of nitrogens with zero attached hydrogens (tertiary/aromatic N) is 3. The zero-order valence-electron chi connectivity index (χ0n) is 11.1. The Labute approximate surface area is 116 Å². The number of aryl methyl sites for hydroxylation is 2. The van der Waals surface area contributed by atoms with Crippen molar-refractivity contribution < 1.29 is 13.5 Å². The Bertz CT molecular complexity index is 693.